The van der Waals surface area contributed by atoms with Crippen LogP contribution < -0.4 is 10.2 Å². The first-order valence-electron chi connectivity index (χ1n) is 7.85. The minimum atomic E-state index is 0.745. The molecule has 3 heterocycles. The fraction of sp³-hybridized carbons (Fsp3) is 0.667. The standard InChI is InChI=1S/C15H24N4S2/c1-3-5-16-10-13-14(17-15-19(13)7-9-21-15)18-6-8-20-12(4-2)11-18/h7,9,12,16H,3-6,8,10-11H2,1-2H3. The Hall–Kier alpha value is -0.720. The van der Waals surface area contributed by atoms with Crippen LogP contribution in [0.5, 0.6) is 0 Å². The number of thioether (sulfide) groups is 1. The number of imidazole rings is 1. The molecule has 0 saturated carbocycles. The van der Waals surface area contributed by atoms with E-state index in [1.165, 1.54) is 30.1 Å². The summed E-state index contributed by atoms with van der Waals surface area (Å²) in [5, 5.41) is 6.40. The van der Waals surface area contributed by atoms with E-state index in [0.29, 0.717) is 0 Å². The van der Waals surface area contributed by atoms with Crippen LogP contribution in [0, 0.1) is 0 Å². The summed E-state index contributed by atoms with van der Waals surface area (Å²) in [6.07, 6.45) is 4.56. The van der Waals surface area contributed by atoms with Gasteiger partial charge in [0.25, 0.3) is 0 Å². The SMILES string of the molecule is CCCNCc1c(N2CCSC(CC)C2)nc2sccn12. The van der Waals surface area contributed by atoms with Gasteiger partial charge in [-0.05, 0) is 19.4 Å². The molecule has 1 N–H and O–H groups in total. The lowest BCUT2D eigenvalue weighted by Gasteiger charge is -2.32. The molecule has 1 aliphatic rings. The van der Waals surface area contributed by atoms with Crippen molar-refractivity contribution in [3.63, 3.8) is 0 Å². The number of fused-ring (bicyclic) bond motifs is 1. The van der Waals surface area contributed by atoms with Crippen LogP contribution in [0.4, 0.5) is 5.82 Å². The molecule has 4 nitrogen and oxygen atoms in total. The first-order valence-corrected chi connectivity index (χ1v) is 9.78. The van der Waals surface area contributed by atoms with Gasteiger partial charge in [-0.25, -0.2) is 4.98 Å². The van der Waals surface area contributed by atoms with Gasteiger partial charge >= 0.3 is 0 Å². The molecule has 1 aliphatic heterocycles. The molecule has 1 saturated heterocycles. The smallest absolute Gasteiger partial charge is 0.195 e. The molecule has 0 aliphatic carbocycles. The van der Waals surface area contributed by atoms with Gasteiger partial charge in [0, 0.05) is 42.2 Å². The highest BCUT2D eigenvalue weighted by Crippen LogP contribution is 2.29. The molecule has 0 radical (unpaired) electrons. The maximum Gasteiger partial charge on any atom is 0.195 e. The lowest BCUT2D eigenvalue weighted by molar-refractivity contribution is 0.654. The molecule has 0 bridgehead atoms. The van der Waals surface area contributed by atoms with Crippen LogP contribution in [0.2, 0.25) is 0 Å². The fourth-order valence-electron chi connectivity index (χ4n) is 2.78. The van der Waals surface area contributed by atoms with Crippen LogP contribution in [0.15, 0.2) is 11.6 Å². The zero-order valence-corrected chi connectivity index (χ0v) is 14.5. The van der Waals surface area contributed by atoms with Gasteiger partial charge in [0.15, 0.2) is 10.8 Å². The summed E-state index contributed by atoms with van der Waals surface area (Å²) in [6.45, 7) is 8.71. The highest BCUT2D eigenvalue weighted by Gasteiger charge is 2.24. The van der Waals surface area contributed by atoms with Gasteiger partial charge in [0.05, 0.1) is 5.69 Å². The molecule has 21 heavy (non-hydrogen) atoms. The minimum absolute atomic E-state index is 0.745. The Morgan fingerprint density at radius 3 is 3.14 bits per heavy atom. The molecule has 0 amide bonds. The average Bonchev–Trinajstić information content (AvgIpc) is 3.09. The summed E-state index contributed by atoms with van der Waals surface area (Å²) < 4.78 is 2.26. The van der Waals surface area contributed by atoms with E-state index in [-0.39, 0.29) is 0 Å². The topological polar surface area (TPSA) is 32.6 Å². The Morgan fingerprint density at radius 2 is 2.33 bits per heavy atom. The Labute approximate surface area is 134 Å². The molecular weight excluding hydrogens is 300 g/mol. The van der Waals surface area contributed by atoms with Crippen LogP contribution in [-0.2, 0) is 6.54 Å². The number of nitrogens with zero attached hydrogens (tertiary/aromatic N) is 3. The largest absolute Gasteiger partial charge is 0.353 e. The minimum Gasteiger partial charge on any atom is -0.353 e. The number of aromatic nitrogens is 2. The number of anilines is 1. The fourth-order valence-corrected chi connectivity index (χ4v) is 4.69. The number of hydrogen-bond donors (Lipinski definition) is 1. The first kappa shape index (κ1) is 15.2. The first-order chi connectivity index (χ1) is 10.3. The molecule has 2 aromatic heterocycles. The van der Waals surface area contributed by atoms with Gasteiger partial charge in [-0.1, -0.05) is 13.8 Å². The average molecular weight is 325 g/mol. The molecule has 6 heteroatoms. The zero-order chi connectivity index (χ0) is 14.7. The maximum absolute atomic E-state index is 4.90. The molecule has 1 fully saturated rings. The molecule has 0 aromatic carbocycles. The van der Waals surface area contributed by atoms with Crippen molar-refractivity contribution in [3.05, 3.63) is 17.3 Å². The van der Waals surface area contributed by atoms with E-state index in [1.807, 2.05) is 0 Å². The van der Waals surface area contributed by atoms with E-state index in [0.717, 1.165) is 36.4 Å². The Morgan fingerprint density at radius 1 is 1.43 bits per heavy atom. The molecular formula is C15H24N4S2. The maximum atomic E-state index is 4.90. The van der Waals surface area contributed by atoms with Crippen LogP contribution in [0.1, 0.15) is 32.4 Å². The van der Waals surface area contributed by atoms with Gasteiger partial charge in [-0.15, -0.1) is 11.3 Å². The van der Waals surface area contributed by atoms with Crippen LogP contribution >= 0.6 is 23.1 Å². The number of rotatable bonds is 6. The van der Waals surface area contributed by atoms with E-state index in [9.17, 15) is 0 Å². The summed E-state index contributed by atoms with van der Waals surface area (Å²) in [6, 6.07) is 0. The van der Waals surface area contributed by atoms with E-state index in [4.69, 9.17) is 4.98 Å². The monoisotopic (exact) mass is 324 g/mol. The third-order valence-corrected chi connectivity index (χ3v) is 6.08. The van der Waals surface area contributed by atoms with E-state index in [1.54, 1.807) is 11.3 Å². The van der Waals surface area contributed by atoms with Gasteiger partial charge in [0.2, 0.25) is 0 Å². The normalized spacial score (nSPS) is 19.5. The Balaban J connectivity index is 1.85. The highest BCUT2D eigenvalue weighted by molar-refractivity contribution is 8.00. The van der Waals surface area contributed by atoms with Crippen LogP contribution in [0.25, 0.3) is 4.96 Å². The summed E-state index contributed by atoms with van der Waals surface area (Å²) in [7, 11) is 0. The third-order valence-electron chi connectivity index (χ3n) is 3.95. The summed E-state index contributed by atoms with van der Waals surface area (Å²) in [5.74, 6) is 2.41. The van der Waals surface area contributed by atoms with Crippen molar-refractivity contribution in [3.8, 4) is 0 Å². The van der Waals surface area contributed by atoms with Gasteiger partial charge in [-0.3, -0.25) is 4.40 Å². The Bertz CT molecular complexity index is 577. The second-order valence-corrected chi connectivity index (χ2v) is 7.74. The second kappa shape index (κ2) is 7.03. The van der Waals surface area contributed by atoms with E-state index >= 15 is 0 Å². The number of hydrogen-bond acceptors (Lipinski definition) is 5. The molecule has 1 atom stereocenters. The highest BCUT2D eigenvalue weighted by atomic mass is 32.2. The zero-order valence-electron chi connectivity index (χ0n) is 12.8. The Kier molecular flexibility index (Phi) is 5.08. The van der Waals surface area contributed by atoms with Crippen molar-refractivity contribution in [2.24, 2.45) is 0 Å². The van der Waals surface area contributed by atoms with Crippen molar-refractivity contribution in [1.82, 2.24) is 14.7 Å². The third kappa shape index (κ3) is 3.22. The van der Waals surface area contributed by atoms with Crippen molar-refractivity contribution in [2.75, 3.05) is 30.3 Å². The van der Waals surface area contributed by atoms with Gasteiger partial charge < -0.3 is 10.2 Å². The van der Waals surface area contributed by atoms with E-state index in [2.05, 4.69) is 51.8 Å². The molecule has 0 spiro atoms. The van der Waals surface area contributed by atoms with Crippen LogP contribution in [-0.4, -0.2) is 40.0 Å². The van der Waals surface area contributed by atoms with Crippen molar-refractivity contribution in [2.45, 2.75) is 38.5 Å². The molecule has 1 unspecified atom stereocenters. The van der Waals surface area contributed by atoms with E-state index < -0.39 is 0 Å². The summed E-state index contributed by atoms with van der Waals surface area (Å²) in [4.78, 5) is 8.51. The lowest BCUT2D eigenvalue weighted by Crippen LogP contribution is -2.38. The number of thiazole rings is 1. The van der Waals surface area contributed by atoms with Crippen LogP contribution in [0.3, 0.4) is 0 Å². The predicted octanol–water partition coefficient (Wildman–Crippen LogP) is 3.23. The molecule has 2 aromatic rings. The predicted molar refractivity (Wildman–Crippen MR) is 93.8 cm³/mol. The van der Waals surface area contributed by atoms with Crippen molar-refractivity contribution < 1.29 is 0 Å². The van der Waals surface area contributed by atoms with Gasteiger partial charge in [0.1, 0.15) is 0 Å². The van der Waals surface area contributed by atoms with Crippen molar-refractivity contribution in [1.29, 1.82) is 0 Å². The molecule has 3 rings (SSSR count). The summed E-state index contributed by atoms with van der Waals surface area (Å²) >= 11 is 3.83. The number of nitrogens with one attached hydrogen (secondary N) is 1. The lowest BCUT2D eigenvalue weighted by atomic mass is 10.2. The molecule has 116 valence electrons. The van der Waals surface area contributed by atoms with Gasteiger partial charge in [-0.2, -0.15) is 11.8 Å². The van der Waals surface area contributed by atoms with Crippen molar-refractivity contribution >= 4 is 33.9 Å². The second-order valence-electron chi connectivity index (χ2n) is 5.46. The summed E-state index contributed by atoms with van der Waals surface area (Å²) in [5.41, 5.74) is 1.32. The quantitative estimate of drug-likeness (QED) is 0.827.